The molecule has 1 aromatic heterocycles. The van der Waals surface area contributed by atoms with Crippen LogP contribution >= 0.6 is 0 Å². The first-order valence-corrected chi connectivity index (χ1v) is 8.49. The van der Waals surface area contributed by atoms with Gasteiger partial charge in [-0.2, -0.15) is 0 Å². The van der Waals surface area contributed by atoms with Crippen LogP contribution in [0.5, 0.6) is 0 Å². The maximum atomic E-state index is 13.2. The number of rotatable bonds is 6. The van der Waals surface area contributed by atoms with Gasteiger partial charge in [-0.05, 0) is 54.2 Å². The third-order valence-electron chi connectivity index (χ3n) is 4.59. The highest BCUT2D eigenvalue weighted by atomic mass is 19.1. The molecule has 1 atom stereocenters. The summed E-state index contributed by atoms with van der Waals surface area (Å²) in [6.07, 6.45) is 5.07. The normalized spacial score (nSPS) is 15.5. The number of halogens is 1. The van der Waals surface area contributed by atoms with E-state index in [9.17, 15) is 4.39 Å². The summed E-state index contributed by atoms with van der Waals surface area (Å²) in [7, 11) is 0. The van der Waals surface area contributed by atoms with Crippen molar-refractivity contribution in [3.05, 3.63) is 77.7 Å². The van der Waals surface area contributed by atoms with Crippen LogP contribution in [-0.2, 0) is 11.2 Å². The molecule has 0 bridgehead atoms. The van der Waals surface area contributed by atoms with Crippen molar-refractivity contribution in [2.24, 2.45) is 5.92 Å². The minimum atomic E-state index is -0.205. The van der Waals surface area contributed by atoms with Crippen LogP contribution in [0, 0.1) is 11.7 Å². The van der Waals surface area contributed by atoms with Crippen LogP contribution in [0.25, 0.3) is 10.9 Å². The van der Waals surface area contributed by atoms with Crippen LogP contribution in [0.2, 0.25) is 0 Å². The van der Waals surface area contributed by atoms with Crippen LogP contribution in [0.15, 0.2) is 60.8 Å². The van der Waals surface area contributed by atoms with Gasteiger partial charge < -0.3 is 4.74 Å². The Bertz CT molecular complexity index is 821. The summed E-state index contributed by atoms with van der Waals surface area (Å²) in [6, 6.07) is 16.9. The van der Waals surface area contributed by atoms with Crippen LogP contribution in [-0.4, -0.2) is 11.6 Å². The molecule has 0 radical (unpaired) electrons. The molecule has 0 spiro atoms. The Labute approximate surface area is 141 Å². The smallest absolute Gasteiger partial charge is 0.123 e. The van der Waals surface area contributed by atoms with Crippen LogP contribution < -0.4 is 0 Å². The standard InChI is InChI=1S/C21H20FNO/c22-17-9-7-15(8-10-17)13-21(24-14-16-5-6-16)19-11-12-23-20-4-2-1-3-18(19)20/h1-4,7-12,16,21H,5-6,13-14H2. The van der Waals surface area contributed by atoms with Gasteiger partial charge in [0.25, 0.3) is 0 Å². The zero-order chi connectivity index (χ0) is 16.4. The number of para-hydroxylation sites is 1. The number of hydrogen-bond acceptors (Lipinski definition) is 2. The molecule has 0 saturated heterocycles. The molecule has 122 valence electrons. The Morgan fingerprint density at radius 3 is 2.62 bits per heavy atom. The Morgan fingerprint density at radius 1 is 1.04 bits per heavy atom. The molecule has 2 aromatic carbocycles. The number of pyridine rings is 1. The number of benzene rings is 2. The molecule has 1 fully saturated rings. The molecule has 24 heavy (non-hydrogen) atoms. The van der Waals surface area contributed by atoms with Gasteiger partial charge in [-0.15, -0.1) is 0 Å². The van der Waals surface area contributed by atoms with E-state index < -0.39 is 0 Å². The predicted molar refractivity (Wildman–Crippen MR) is 93.3 cm³/mol. The fourth-order valence-corrected chi connectivity index (χ4v) is 3.03. The van der Waals surface area contributed by atoms with E-state index >= 15 is 0 Å². The molecule has 1 aliphatic carbocycles. The third-order valence-corrected chi connectivity index (χ3v) is 4.59. The molecule has 1 saturated carbocycles. The first-order chi connectivity index (χ1) is 11.8. The van der Waals surface area contributed by atoms with Crippen molar-refractivity contribution in [1.82, 2.24) is 4.98 Å². The summed E-state index contributed by atoms with van der Waals surface area (Å²) in [5.74, 6) is 0.498. The Morgan fingerprint density at radius 2 is 1.83 bits per heavy atom. The Balaban J connectivity index is 1.66. The molecule has 1 unspecified atom stereocenters. The summed E-state index contributed by atoms with van der Waals surface area (Å²) in [4.78, 5) is 4.45. The van der Waals surface area contributed by atoms with Crippen LogP contribution in [0.1, 0.15) is 30.1 Å². The zero-order valence-electron chi connectivity index (χ0n) is 13.5. The number of aromatic nitrogens is 1. The van der Waals surface area contributed by atoms with E-state index in [1.807, 2.05) is 42.6 Å². The fraction of sp³-hybridized carbons (Fsp3) is 0.286. The Hall–Kier alpha value is -2.26. The van der Waals surface area contributed by atoms with Gasteiger partial charge in [0, 0.05) is 18.0 Å². The average Bonchev–Trinajstić information content (AvgIpc) is 3.44. The van der Waals surface area contributed by atoms with Crippen molar-refractivity contribution < 1.29 is 9.13 Å². The minimum absolute atomic E-state index is 0.0380. The average molecular weight is 321 g/mol. The van der Waals surface area contributed by atoms with Crippen LogP contribution in [0.4, 0.5) is 4.39 Å². The van der Waals surface area contributed by atoms with Crippen molar-refractivity contribution in [2.45, 2.75) is 25.4 Å². The topological polar surface area (TPSA) is 22.1 Å². The van der Waals surface area contributed by atoms with Crippen LogP contribution in [0.3, 0.4) is 0 Å². The summed E-state index contributed by atoms with van der Waals surface area (Å²) in [5, 5.41) is 1.13. The first-order valence-electron chi connectivity index (χ1n) is 8.49. The van der Waals surface area contributed by atoms with Crippen molar-refractivity contribution in [2.75, 3.05) is 6.61 Å². The quantitative estimate of drug-likeness (QED) is 0.631. The maximum Gasteiger partial charge on any atom is 0.123 e. The first kappa shape index (κ1) is 15.3. The minimum Gasteiger partial charge on any atom is -0.373 e. The summed E-state index contributed by atoms with van der Waals surface area (Å²) in [5.41, 5.74) is 3.22. The van der Waals surface area contributed by atoms with Gasteiger partial charge in [-0.25, -0.2) is 4.39 Å². The summed E-state index contributed by atoms with van der Waals surface area (Å²) < 4.78 is 19.5. The second kappa shape index (κ2) is 6.70. The van der Waals surface area contributed by atoms with Gasteiger partial charge in [-0.1, -0.05) is 30.3 Å². The highest BCUT2D eigenvalue weighted by molar-refractivity contribution is 5.82. The molecule has 2 nitrogen and oxygen atoms in total. The van der Waals surface area contributed by atoms with Gasteiger partial charge in [0.15, 0.2) is 0 Å². The molecule has 0 amide bonds. The predicted octanol–water partition coefficient (Wildman–Crippen LogP) is 5.08. The highest BCUT2D eigenvalue weighted by Crippen LogP contribution is 2.34. The maximum absolute atomic E-state index is 13.2. The number of hydrogen-bond donors (Lipinski definition) is 0. The summed E-state index contributed by atoms with van der Waals surface area (Å²) >= 11 is 0. The van der Waals surface area contributed by atoms with E-state index in [4.69, 9.17) is 4.74 Å². The molecular formula is C21H20FNO. The third kappa shape index (κ3) is 3.46. The molecule has 4 rings (SSSR count). The molecule has 0 N–H and O–H groups in total. The number of ether oxygens (including phenoxy) is 1. The molecule has 1 heterocycles. The van der Waals surface area contributed by atoms with Crippen molar-refractivity contribution in [3.63, 3.8) is 0 Å². The van der Waals surface area contributed by atoms with E-state index in [2.05, 4.69) is 11.1 Å². The summed E-state index contributed by atoms with van der Waals surface area (Å²) in [6.45, 7) is 0.794. The highest BCUT2D eigenvalue weighted by Gasteiger charge is 2.24. The lowest BCUT2D eigenvalue weighted by Crippen LogP contribution is -2.11. The van der Waals surface area contributed by atoms with Crippen molar-refractivity contribution in [3.8, 4) is 0 Å². The largest absolute Gasteiger partial charge is 0.373 e. The lowest BCUT2D eigenvalue weighted by atomic mass is 9.98. The second-order valence-corrected chi connectivity index (χ2v) is 6.51. The van der Waals surface area contributed by atoms with Gasteiger partial charge in [0.2, 0.25) is 0 Å². The monoisotopic (exact) mass is 321 g/mol. The lowest BCUT2D eigenvalue weighted by molar-refractivity contribution is 0.0463. The fourth-order valence-electron chi connectivity index (χ4n) is 3.03. The molecule has 1 aliphatic rings. The zero-order valence-corrected chi connectivity index (χ0v) is 13.5. The molecule has 0 aliphatic heterocycles. The van der Waals surface area contributed by atoms with E-state index in [0.717, 1.165) is 35.1 Å². The van der Waals surface area contributed by atoms with E-state index in [1.165, 1.54) is 25.0 Å². The molecule has 3 aromatic rings. The second-order valence-electron chi connectivity index (χ2n) is 6.51. The van der Waals surface area contributed by atoms with Gasteiger partial charge in [0.05, 0.1) is 18.2 Å². The molecule has 3 heteroatoms. The van der Waals surface area contributed by atoms with Gasteiger partial charge >= 0.3 is 0 Å². The number of nitrogens with zero attached hydrogens (tertiary/aromatic N) is 1. The van der Waals surface area contributed by atoms with Crippen molar-refractivity contribution in [1.29, 1.82) is 0 Å². The van der Waals surface area contributed by atoms with Crippen molar-refractivity contribution >= 4 is 10.9 Å². The molecular weight excluding hydrogens is 301 g/mol. The van der Waals surface area contributed by atoms with E-state index in [0.29, 0.717) is 5.92 Å². The van der Waals surface area contributed by atoms with Gasteiger partial charge in [0.1, 0.15) is 5.82 Å². The lowest BCUT2D eigenvalue weighted by Gasteiger charge is -2.20. The van der Waals surface area contributed by atoms with E-state index in [-0.39, 0.29) is 11.9 Å². The van der Waals surface area contributed by atoms with E-state index in [1.54, 1.807) is 0 Å². The SMILES string of the molecule is Fc1ccc(CC(OCC2CC2)c2ccnc3ccccc23)cc1. The Kier molecular flexibility index (Phi) is 4.26. The number of fused-ring (bicyclic) bond motifs is 1. The van der Waals surface area contributed by atoms with Gasteiger partial charge in [-0.3, -0.25) is 4.98 Å².